The maximum atomic E-state index is 13.8. The first kappa shape index (κ1) is 21.9. The molecular weight excluding hydrogens is 381 g/mol. The number of carbonyl (C=O) groups is 2. The van der Waals surface area contributed by atoms with Gasteiger partial charge in [0.25, 0.3) is 5.91 Å². The van der Waals surface area contributed by atoms with Crippen LogP contribution in [-0.2, 0) is 10.3 Å². The Labute approximate surface area is 169 Å². The van der Waals surface area contributed by atoms with E-state index in [1.807, 2.05) is 13.8 Å². The van der Waals surface area contributed by atoms with E-state index in [1.165, 1.54) is 17.0 Å². The molecule has 0 aliphatic heterocycles. The molecule has 0 fully saturated rings. The number of carbonyl (C=O) groups excluding carboxylic acids is 1. The lowest BCUT2D eigenvalue weighted by Gasteiger charge is -2.44. The van der Waals surface area contributed by atoms with E-state index >= 15 is 0 Å². The third-order valence-corrected chi connectivity index (χ3v) is 4.91. The predicted octanol–water partition coefficient (Wildman–Crippen LogP) is 5.36. The van der Waals surface area contributed by atoms with E-state index < -0.39 is 29.3 Å². The van der Waals surface area contributed by atoms with Crippen molar-refractivity contribution < 1.29 is 19.1 Å². The van der Waals surface area contributed by atoms with E-state index in [0.717, 1.165) is 6.07 Å². The minimum absolute atomic E-state index is 0.0512. The molecular formula is C22H25ClFNO3. The summed E-state index contributed by atoms with van der Waals surface area (Å²) in [6.45, 7) is 7.30. The first-order valence-electron chi connectivity index (χ1n) is 9.19. The number of halogens is 2. The highest BCUT2D eigenvalue weighted by atomic mass is 35.5. The van der Waals surface area contributed by atoms with Crippen LogP contribution in [0.3, 0.4) is 0 Å². The first-order valence-corrected chi connectivity index (χ1v) is 9.56. The van der Waals surface area contributed by atoms with Crippen molar-refractivity contribution in [2.45, 2.75) is 45.7 Å². The lowest BCUT2D eigenvalue weighted by molar-refractivity contribution is -0.153. The molecule has 150 valence electrons. The van der Waals surface area contributed by atoms with E-state index in [9.17, 15) is 19.1 Å². The van der Waals surface area contributed by atoms with Crippen LogP contribution < -0.4 is 0 Å². The van der Waals surface area contributed by atoms with Crippen molar-refractivity contribution in [1.29, 1.82) is 0 Å². The van der Waals surface area contributed by atoms with E-state index in [-0.39, 0.29) is 22.9 Å². The Morgan fingerprint density at radius 2 is 1.71 bits per heavy atom. The van der Waals surface area contributed by atoms with Gasteiger partial charge in [-0.25, -0.2) is 9.18 Å². The van der Waals surface area contributed by atoms with Crippen molar-refractivity contribution in [2.75, 3.05) is 0 Å². The summed E-state index contributed by atoms with van der Waals surface area (Å²) in [4.78, 5) is 27.5. The molecule has 1 amide bonds. The van der Waals surface area contributed by atoms with Gasteiger partial charge >= 0.3 is 5.97 Å². The molecule has 0 bridgehead atoms. The number of nitrogens with zero attached hydrogens (tertiary/aromatic N) is 1. The van der Waals surface area contributed by atoms with Crippen LogP contribution in [-0.4, -0.2) is 27.9 Å². The third kappa shape index (κ3) is 4.20. The van der Waals surface area contributed by atoms with Gasteiger partial charge in [0, 0.05) is 11.6 Å². The van der Waals surface area contributed by atoms with E-state index in [0.29, 0.717) is 5.56 Å². The van der Waals surface area contributed by atoms with Gasteiger partial charge in [0.1, 0.15) is 5.82 Å². The molecule has 28 heavy (non-hydrogen) atoms. The number of carboxylic acid groups (broad SMARTS) is 1. The van der Waals surface area contributed by atoms with E-state index in [1.54, 1.807) is 44.2 Å². The number of hydrogen-bond acceptors (Lipinski definition) is 2. The molecule has 0 saturated carbocycles. The van der Waals surface area contributed by atoms with Gasteiger partial charge in [-0.3, -0.25) is 4.79 Å². The standard InChI is InChI=1S/C22H25ClFNO3/c1-14(2)13-22(21(27)28,17-10-11-19(24)18(23)12-17)25(15(3)4)20(26)16-8-6-5-7-9-16/h5-12,14-15H,13H2,1-4H3,(H,27,28)/t22-/m0/s1. The fraction of sp³-hybridized carbons (Fsp3) is 0.364. The number of hydrogen-bond donors (Lipinski definition) is 1. The summed E-state index contributed by atoms with van der Waals surface area (Å²) in [5.41, 5.74) is -1.02. The van der Waals surface area contributed by atoms with Crippen molar-refractivity contribution >= 4 is 23.5 Å². The summed E-state index contributed by atoms with van der Waals surface area (Å²) in [6.07, 6.45) is 0.154. The van der Waals surface area contributed by atoms with Crippen molar-refractivity contribution in [3.8, 4) is 0 Å². The Balaban J connectivity index is 2.77. The highest BCUT2D eigenvalue weighted by Gasteiger charge is 2.50. The Hall–Kier alpha value is -2.40. The molecule has 2 aromatic rings. The van der Waals surface area contributed by atoms with Gasteiger partial charge in [-0.2, -0.15) is 0 Å². The van der Waals surface area contributed by atoms with Crippen LogP contribution in [0.1, 0.15) is 50.0 Å². The van der Waals surface area contributed by atoms with E-state index in [2.05, 4.69) is 0 Å². The van der Waals surface area contributed by atoms with Gasteiger partial charge in [-0.05, 0) is 56.0 Å². The normalized spacial score (nSPS) is 13.4. The molecule has 2 rings (SSSR count). The second-order valence-corrected chi connectivity index (χ2v) is 7.93. The summed E-state index contributed by atoms with van der Waals surface area (Å²) >= 11 is 5.97. The number of carboxylic acids is 1. The number of amides is 1. The summed E-state index contributed by atoms with van der Waals surface area (Å²) < 4.78 is 13.8. The highest BCUT2D eigenvalue weighted by Crippen LogP contribution is 2.39. The highest BCUT2D eigenvalue weighted by molar-refractivity contribution is 6.30. The Bertz CT molecular complexity index is 854. The topological polar surface area (TPSA) is 57.6 Å². The van der Waals surface area contributed by atoms with Crippen LogP contribution in [0.25, 0.3) is 0 Å². The molecule has 0 radical (unpaired) electrons. The largest absolute Gasteiger partial charge is 0.479 e. The maximum Gasteiger partial charge on any atom is 0.334 e. The van der Waals surface area contributed by atoms with Crippen molar-refractivity contribution in [3.63, 3.8) is 0 Å². The zero-order chi connectivity index (χ0) is 21.1. The molecule has 0 aliphatic rings. The number of benzene rings is 2. The maximum absolute atomic E-state index is 13.8. The number of rotatable bonds is 7. The molecule has 1 N–H and O–H groups in total. The molecule has 1 atom stereocenters. The minimum Gasteiger partial charge on any atom is -0.479 e. The quantitative estimate of drug-likeness (QED) is 0.674. The molecule has 0 saturated heterocycles. The van der Waals surface area contributed by atoms with Gasteiger partial charge in [-0.15, -0.1) is 0 Å². The van der Waals surface area contributed by atoms with Crippen LogP contribution in [0.5, 0.6) is 0 Å². The molecule has 6 heteroatoms. The average molecular weight is 406 g/mol. The second-order valence-electron chi connectivity index (χ2n) is 7.53. The molecule has 0 heterocycles. The van der Waals surface area contributed by atoms with Gasteiger partial charge in [0.05, 0.1) is 5.02 Å². The molecule has 2 aromatic carbocycles. The zero-order valence-corrected chi connectivity index (χ0v) is 17.2. The molecule has 0 spiro atoms. The van der Waals surface area contributed by atoms with Gasteiger partial charge in [0.15, 0.2) is 5.54 Å². The van der Waals surface area contributed by atoms with Gasteiger partial charge in [0.2, 0.25) is 0 Å². The van der Waals surface area contributed by atoms with Crippen LogP contribution >= 0.6 is 11.6 Å². The SMILES string of the molecule is CC(C)C[C@@](C(=O)O)(c1ccc(F)c(Cl)c1)N(C(=O)c1ccccc1)C(C)C. The summed E-state index contributed by atoms with van der Waals surface area (Å²) in [5, 5.41) is 10.2. The van der Waals surface area contributed by atoms with Crippen LogP contribution in [0.4, 0.5) is 4.39 Å². The Kier molecular flexibility index (Phi) is 6.83. The van der Waals surface area contributed by atoms with Crippen molar-refractivity contribution in [3.05, 3.63) is 70.5 Å². The number of aliphatic carboxylic acids is 1. The average Bonchev–Trinajstić information content (AvgIpc) is 2.63. The Morgan fingerprint density at radius 3 is 2.18 bits per heavy atom. The molecule has 0 aliphatic carbocycles. The fourth-order valence-corrected chi connectivity index (χ4v) is 3.76. The van der Waals surface area contributed by atoms with Crippen molar-refractivity contribution in [2.24, 2.45) is 5.92 Å². The monoisotopic (exact) mass is 405 g/mol. The molecule has 0 aromatic heterocycles. The fourth-order valence-electron chi connectivity index (χ4n) is 3.58. The summed E-state index contributed by atoms with van der Waals surface area (Å²) in [7, 11) is 0. The van der Waals surface area contributed by atoms with Crippen LogP contribution in [0.2, 0.25) is 5.02 Å². The van der Waals surface area contributed by atoms with Crippen molar-refractivity contribution in [1.82, 2.24) is 4.90 Å². The first-order chi connectivity index (χ1) is 13.1. The minimum atomic E-state index is -1.69. The lowest BCUT2D eigenvalue weighted by atomic mass is 9.79. The summed E-state index contributed by atoms with van der Waals surface area (Å²) in [6, 6.07) is 12.0. The van der Waals surface area contributed by atoms with Crippen LogP contribution in [0, 0.1) is 11.7 Å². The van der Waals surface area contributed by atoms with E-state index in [4.69, 9.17) is 11.6 Å². The van der Waals surface area contributed by atoms with Gasteiger partial charge < -0.3 is 10.0 Å². The smallest absolute Gasteiger partial charge is 0.334 e. The van der Waals surface area contributed by atoms with Gasteiger partial charge in [-0.1, -0.05) is 49.7 Å². The zero-order valence-electron chi connectivity index (χ0n) is 16.4. The summed E-state index contributed by atoms with van der Waals surface area (Å²) in [5.74, 6) is -2.27. The predicted molar refractivity (Wildman–Crippen MR) is 108 cm³/mol. The molecule has 0 unspecified atom stereocenters. The third-order valence-electron chi connectivity index (χ3n) is 4.62. The van der Waals surface area contributed by atoms with Crippen LogP contribution in [0.15, 0.2) is 48.5 Å². The second kappa shape index (κ2) is 8.74. The lowest BCUT2D eigenvalue weighted by Crippen LogP contribution is -2.58. The Morgan fingerprint density at radius 1 is 1.11 bits per heavy atom. The molecule has 4 nitrogen and oxygen atoms in total.